The molecule has 7 nitrogen and oxygen atoms in total. The molecule has 1 saturated carbocycles. The van der Waals surface area contributed by atoms with Gasteiger partial charge >= 0.3 is 12.6 Å². The largest absolute Gasteiger partial charge is 0.452 e. The number of benzene rings is 1. The van der Waals surface area contributed by atoms with Crippen LogP contribution in [0.4, 0.5) is 8.78 Å². The molecule has 10 heteroatoms. The smallest absolute Gasteiger partial charge is 0.387 e. The van der Waals surface area contributed by atoms with E-state index in [1.54, 1.807) is 4.90 Å². The Morgan fingerprint density at radius 1 is 1.07 bits per heavy atom. The van der Waals surface area contributed by atoms with Crippen molar-refractivity contribution in [3.8, 4) is 5.75 Å². The maximum absolute atomic E-state index is 12.9. The highest BCUT2D eigenvalue weighted by atomic mass is 32.2. The summed E-state index contributed by atoms with van der Waals surface area (Å²) in [5.41, 5.74) is -0.210. The van der Waals surface area contributed by atoms with Crippen LogP contribution in [-0.4, -0.2) is 62.0 Å². The average Bonchev–Trinajstić information content (AvgIpc) is 3.06. The minimum atomic E-state index is -3.19. The van der Waals surface area contributed by atoms with Crippen molar-refractivity contribution >= 4 is 21.7 Å². The van der Waals surface area contributed by atoms with Crippen LogP contribution in [0, 0.1) is 0 Å². The van der Waals surface area contributed by atoms with E-state index >= 15 is 0 Å². The molecule has 0 radical (unpaired) electrons. The van der Waals surface area contributed by atoms with Crippen LogP contribution in [0.5, 0.6) is 5.75 Å². The highest BCUT2D eigenvalue weighted by molar-refractivity contribution is 7.91. The lowest BCUT2D eigenvalue weighted by atomic mass is 9.93. The highest BCUT2D eigenvalue weighted by Crippen LogP contribution is 2.29. The summed E-state index contributed by atoms with van der Waals surface area (Å²) < 4.78 is 58.4. The molecule has 1 aliphatic heterocycles. The Labute approximate surface area is 174 Å². The van der Waals surface area contributed by atoms with E-state index in [-0.39, 0.29) is 28.9 Å². The fourth-order valence-electron chi connectivity index (χ4n) is 4.17. The van der Waals surface area contributed by atoms with Crippen LogP contribution in [0.1, 0.15) is 48.9 Å². The van der Waals surface area contributed by atoms with Crippen molar-refractivity contribution in [2.45, 2.75) is 57.2 Å². The number of carbonyl (C=O) groups excluding carboxylic acids is 2. The first-order chi connectivity index (χ1) is 14.3. The first-order valence-electron chi connectivity index (χ1n) is 9.99. The Hall–Kier alpha value is -2.23. The highest BCUT2D eigenvalue weighted by Gasteiger charge is 2.38. The maximum atomic E-state index is 12.9. The van der Waals surface area contributed by atoms with E-state index in [4.69, 9.17) is 4.74 Å². The number of hydrogen-bond acceptors (Lipinski definition) is 6. The van der Waals surface area contributed by atoms with E-state index in [1.165, 1.54) is 24.3 Å². The van der Waals surface area contributed by atoms with Gasteiger partial charge in [0, 0.05) is 12.1 Å². The van der Waals surface area contributed by atoms with Gasteiger partial charge in [0.15, 0.2) is 16.4 Å². The molecule has 3 rings (SSSR count). The Kier molecular flexibility index (Phi) is 7.27. The topological polar surface area (TPSA) is 90.0 Å². The minimum Gasteiger partial charge on any atom is -0.452 e. The van der Waals surface area contributed by atoms with Crippen molar-refractivity contribution in [3.63, 3.8) is 0 Å². The van der Waals surface area contributed by atoms with Crippen LogP contribution in [0.25, 0.3) is 0 Å². The number of ether oxygens (including phenoxy) is 2. The second kappa shape index (κ2) is 9.72. The summed E-state index contributed by atoms with van der Waals surface area (Å²) in [6, 6.07) is 4.87. The molecule has 1 aliphatic carbocycles. The molecule has 0 N–H and O–H groups in total. The molecule has 2 fully saturated rings. The Balaban J connectivity index is 1.69. The van der Waals surface area contributed by atoms with Crippen LogP contribution in [0.2, 0.25) is 0 Å². The van der Waals surface area contributed by atoms with Crippen LogP contribution in [0.15, 0.2) is 24.3 Å². The molecule has 166 valence electrons. The number of carbonyl (C=O) groups is 2. The summed E-state index contributed by atoms with van der Waals surface area (Å²) in [4.78, 5) is 26.9. The summed E-state index contributed by atoms with van der Waals surface area (Å²) in [7, 11) is -3.19. The van der Waals surface area contributed by atoms with Crippen molar-refractivity contribution in [1.29, 1.82) is 0 Å². The van der Waals surface area contributed by atoms with Crippen molar-refractivity contribution < 1.29 is 36.3 Å². The molecule has 1 saturated heterocycles. The van der Waals surface area contributed by atoms with Gasteiger partial charge in [-0.2, -0.15) is 8.78 Å². The molecule has 2 aliphatic rings. The Morgan fingerprint density at radius 3 is 2.40 bits per heavy atom. The zero-order valence-electron chi connectivity index (χ0n) is 16.5. The predicted octanol–water partition coefficient (Wildman–Crippen LogP) is 2.79. The molecule has 1 unspecified atom stereocenters. The molecular formula is C20H25F2NO6S. The normalized spacial score (nSPS) is 21.4. The van der Waals surface area contributed by atoms with Gasteiger partial charge in [-0.25, -0.2) is 13.2 Å². The Morgan fingerprint density at radius 2 is 1.77 bits per heavy atom. The first kappa shape index (κ1) is 22.5. The lowest BCUT2D eigenvalue weighted by molar-refractivity contribution is -0.140. The molecule has 1 heterocycles. The van der Waals surface area contributed by atoms with Gasteiger partial charge in [-0.3, -0.25) is 4.79 Å². The van der Waals surface area contributed by atoms with E-state index in [9.17, 15) is 26.8 Å². The van der Waals surface area contributed by atoms with Gasteiger partial charge in [0.2, 0.25) is 0 Å². The van der Waals surface area contributed by atoms with Gasteiger partial charge in [-0.05, 0) is 31.4 Å². The monoisotopic (exact) mass is 445 g/mol. The second-order valence-electron chi connectivity index (χ2n) is 7.60. The van der Waals surface area contributed by atoms with Gasteiger partial charge in [0.05, 0.1) is 11.5 Å². The summed E-state index contributed by atoms with van der Waals surface area (Å²) in [5, 5.41) is 0. The van der Waals surface area contributed by atoms with Gasteiger partial charge in [0.25, 0.3) is 5.91 Å². The van der Waals surface area contributed by atoms with Crippen LogP contribution < -0.4 is 4.74 Å². The van der Waals surface area contributed by atoms with Gasteiger partial charge in [-0.1, -0.05) is 31.4 Å². The van der Waals surface area contributed by atoms with E-state index in [2.05, 4.69) is 4.74 Å². The standard InChI is InChI=1S/C20H25F2NO6S/c21-20(22)29-17-9-5-4-8-16(17)19(25)28-12-18(24)23(14-6-2-1-3-7-14)15-10-11-30(26,27)13-15/h4-5,8-9,14-15,20H,1-3,6-7,10-13H2. The summed E-state index contributed by atoms with van der Waals surface area (Å²) in [6.45, 7) is -3.69. The molecule has 0 bridgehead atoms. The van der Waals surface area contributed by atoms with E-state index in [0.29, 0.717) is 6.42 Å². The molecule has 1 atom stereocenters. The fraction of sp³-hybridized carbons (Fsp3) is 0.600. The quantitative estimate of drug-likeness (QED) is 0.600. The van der Waals surface area contributed by atoms with E-state index in [0.717, 1.165) is 32.1 Å². The molecule has 1 amide bonds. The molecular weight excluding hydrogens is 420 g/mol. The van der Waals surface area contributed by atoms with Crippen LogP contribution >= 0.6 is 0 Å². The van der Waals surface area contributed by atoms with Crippen molar-refractivity contribution in [2.75, 3.05) is 18.1 Å². The molecule has 1 aromatic carbocycles. The number of alkyl halides is 2. The van der Waals surface area contributed by atoms with Crippen molar-refractivity contribution in [3.05, 3.63) is 29.8 Å². The SMILES string of the molecule is O=C(OCC(=O)N(C1CCCCC1)C1CCS(=O)(=O)C1)c1ccccc1OC(F)F. The third kappa shape index (κ3) is 5.68. The maximum Gasteiger partial charge on any atom is 0.387 e. The third-order valence-corrected chi connectivity index (χ3v) is 7.26. The van der Waals surface area contributed by atoms with E-state index < -0.39 is 41.0 Å². The number of para-hydroxylation sites is 1. The minimum absolute atomic E-state index is 0.0340. The third-order valence-electron chi connectivity index (χ3n) is 5.51. The number of nitrogens with zero attached hydrogens (tertiary/aromatic N) is 1. The first-order valence-corrected chi connectivity index (χ1v) is 11.8. The lowest BCUT2D eigenvalue weighted by Crippen LogP contribution is -2.50. The second-order valence-corrected chi connectivity index (χ2v) is 9.83. The van der Waals surface area contributed by atoms with Crippen molar-refractivity contribution in [1.82, 2.24) is 4.90 Å². The molecule has 30 heavy (non-hydrogen) atoms. The number of esters is 1. The van der Waals surface area contributed by atoms with Crippen LogP contribution in [0.3, 0.4) is 0 Å². The van der Waals surface area contributed by atoms with E-state index in [1.807, 2.05) is 0 Å². The molecule has 1 aromatic rings. The van der Waals surface area contributed by atoms with Crippen LogP contribution in [-0.2, 0) is 19.4 Å². The van der Waals surface area contributed by atoms with Crippen molar-refractivity contribution in [2.24, 2.45) is 0 Å². The number of rotatable bonds is 7. The zero-order chi connectivity index (χ0) is 21.7. The average molecular weight is 445 g/mol. The van der Waals surface area contributed by atoms with Gasteiger partial charge in [-0.15, -0.1) is 0 Å². The van der Waals surface area contributed by atoms with Gasteiger partial charge in [0.1, 0.15) is 11.3 Å². The number of halogens is 2. The zero-order valence-corrected chi connectivity index (χ0v) is 17.3. The Bertz CT molecular complexity index is 870. The molecule has 0 spiro atoms. The summed E-state index contributed by atoms with van der Waals surface area (Å²) >= 11 is 0. The summed E-state index contributed by atoms with van der Waals surface area (Å²) in [5.74, 6) is -1.82. The lowest BCUT2D eigenvalue weighted by Gasteiger charge is -2.38. The van der Waals surface area contributed by atoms with Gasteiger partial charge < -0.3 is 14.4 Å². The number of amides is 1. The molecule has 0 aromatic heterocycles. The number of sulfone groups is 1. The predicted molar refractivity (Wildman–Crippen MR) is 104 cm³/mol. The number of hydrogen-bond donors (Lipinski definition) is 0. The fourth-order valence-corrected chi connectivity index (χ4v) is 5.88. The summed E-state index contributed by atoms with van der Waals surface area (Å²) in [6.07, 6.45) is 4.89.